The van der Waals surface area contributed by atoms with Crippen LogP contribution in [0.1, 0.15) is 19.8 Å². The van der Waals surface area contributed by atoms with E-state index in [2.05, 4.69) is 0 Å². The predicted octanol–water partition coefficient (Wildman–Crippen LogP) is 1.89. The Morgan fingerprint density at radius 1 is 1.15 bits per heavy atom. The van der Waals surface area contributed by atoms with E-state index in [4.69, 9.17) is 5.11 Å². The second kappa shape index (κ2) is 7.05. The Labute approximate surface area is 115 Å². The van der Waals surface area contributed by atoms with E-state index in [1.807, 2.05) is 6.92 Å². The Morgan fingerprint density at radius 2 is 1.80 bits per heavy atom. The molecule has 0 spiro atoms. The molecule has 20 heavy (non-hydrogen) atoms. The molecule has 0 aliphatic carbocycles. The molecule has 0 fully saturated rings. The predicted molar refractivity (Wildman–Crippen MR) is 67.1 cm³/mol. The van der Waals surface area contributed by atoms with Crippen molar-refractivity contribution in [2.75, 3.05) is 19.7 Å². The van der Waals surface area contributed by atoms with Gasteiger partial charge in [0.15, 0.2) is 17.5 Å². The molecule has 1 N–H and O–H groups in total. The third-order valence-electron chi connectivity index (χ3n) is 2.73. The largest absolute Gasteiger partial charge is 0.395 e. The summed E-state index contributed by atoms with van der Waals surface area (Å²) >= 11 is 0. The number of hydrogen-bond acceptors (Lipinski definition) is 3. The zero-order chi connectivity index (χ0) is 15.3. The van der Waals surface area contributed by atoms with E-state index < -0.39 is 39.0 Å². The molecule has 0 bridgehead atoms. The number of nitrogens with zero attached hydrogens (tertiary/aromatic N) is 1. The first-order valence-electron chi connectivity index (χ1n) is 6.10. The van der Waals surface area contributed by atoms with Crippen LogP contribution < -0.4 is 0 Å². The molecule has 0 unspecified atom stereocenters. The molecule has 0 heterocycles. The summed E-state index contributed by atoms with van der Waals surface area (Å²) in [4.78, 5) is -0.930. The summed E-state index contributed by atoms with van der Waals surface area (Å²) in [6, 6.07) is 1.24. The van der Waals surface area contributed by atoms with Crippen LogP contribution in [0, 0.1) is 17.5 Å². The molecule has 0 aliphatic rings. The van der Waals surface area contributed by atoms with Gasteiger partial charge in [-0.2, -0.15) is 4.31 Å². The average Bonchev–Trinajstić information content (AvgIpc) is 2.40. The number of aliphatic hydroxyl groups excluding tert-OH is 1. The lowest BCUT2D eigenvalue weighted by molar-refractivity contribution is 0.252. The summed E-state index contributed by atoms with van der Waals surface area (Å²) in [7, 11) is -4.31. The zero-order valence-electron chi connectivity index (χ0n) is 10.9. The minimum atomic E-state index is -4.31. The molecule has 0 saturated heterocycles. The van der Waals surface area contributed by atoms with Crippen LogP contribution in [0.25, 0.3) is 0 Å². The molecule has 1 aromatic carbocycles. The van der Waals surface area contributed by atoms with Crippen molar-refractivity contribution in [3.8, 4) is 0 Å². The number of benzene rings is 1. The normalized spacial score (nSPS) is 12.1. The Kier molecular flexibility index (Phi) is 5.97. The zero-order valence-corrected chi connectivity index (χ0v) is 11.8. The summed E-state index contributed by atoms with van der Waals surface area (Å²) in [5.41, 5.74) is 0. The summed E-state index contributed by atoms with van der Waals surface area (Å²) in [5, 5.41) is 8.88. The maximum absolute atomic E-state index is 13.6. The van der Waals surface area contributed by atoms with Gasteiger partial charge in [-0.3, -0.25) is 0 Å². The van der Waals surface area contributed by atoms with E-state index in [9.17, 15) is 21.6 Å². The van der Waals surface area contributed by atoms with Crippen LogP contribution in [0.15, 0.2) is 17.0 Å². The third kappa shape index (κ3) is 3.50. The molecule has 0 aliphatic heterocycles. The van der Waals surface area contributed by atoms with E-state index in [1.165, 1.54) is 0 Å². The topological polar surface area (TPSA) is 57.6 Å². The van der Waals surface area contributed by atoms with Crippen LogP contribution in [-0.4, -0.2) is 37.5 Å². The van der Waals surface area contributed by atoms with Crippen molar-refractivity contribution in [2.45, 2.75) is 24.7 Å². The van der Waals surface area contributed by atoms with Crippen molar-refractivity contribution >= 4 is 10.0 Å². The molecule has 1 aromatic rings. The first-order chi connectivity index (χ1) is 9.36. The number of aliphatic hydroxyl groups is 1. The molecule has 0 aromatic heterocycles. The molecule has 0 radical (unpaired) electrons. The van der Waals surface area contributed by atoms with E-state index >= 15 is 0 Å². The molecule has 8 heteroatoms. The molecule has 0 amide bonds. The van der Waals surface area contributed by atoms with Crippen molar-refractivity contribution in [3.05, 3.63) is 29.6 Å². The fraction of sp³-hybridized carbons (Fsp3) is 0.500. The molecule has 4 nitrogen and oxygen atoms in total. The van der Waals surface area contributed by atoms with Gasteiger partial charge in [0, 0.05) is 13.1 Å². The lowest BCUT2D eigenvalue weighted by Gasteiger charge is -2.21. The van der Waals surface area contributed by atoms with E-state index in [0.29, 0.717) is 25.0 Å². The highest BCUT2D eigenvalue weighted by molar-refractivity contribution is 7.89. The highest BCUT2D eigenvalue weighted by atomic mass is 32.2. The van der Waals surface area contributed by atoms with Gasteiger partial charge >= 0.3 is 0 Å². The lowest BCUT2D eigenvalue weighted by Crippen LogP contribution is -2.35. The fourth-order valence-corrected chi connectivity index (χ4v) is 3.17. The molecule has 114 valence electrons. The van der Waals surface area contributed by atoms with Crippen molar-refractivity contribution < 1.29 is 26.7 Å². The monoisotopic (exact) mass is 311 g/mol. The number of sulfonamides is 1. The first kappa shape index (κ1) is 16.9. The first-order valence-corrected chi connectivity index (χ1v) is 7.54. The van der Waals surface area contributed by atoms with Gasteiger partial charge in [-0.1, -0.05) is 13.3 Å². The third-order valence-corrected chi connectivity index (χ3v) is 4.64. The summed E-state index contributed by atoms with van der Waals surface area (Å²) in [6.07, 6.45) is 1.20. The molecule has 0 atom stereocenters. The maximum Gasteiger partial charge on any atom is 0.246 e. The van der Waals surface area contributed by atoms with Crippen LogP contribution in [-0.2, 0) is 10.0 Å². The SMILES string of the molecule is CCCCN(CCO)S(=O)(=O)c1ccc(F)c(F)c1F. The van der Waals surface area contributed by atoms with Crippen LogP contribution in [0.5, 0.6) is 0 Å². The van der Waals surface area contributed by atoms with E-state index in [0.717, 1.165) is 4.31 Å². The number of unbranched alkanes of at least 4 members (excludes halogenated alkanes) is 1. The van der Waals surface area contributed by atoms with E-state index in [1.54, 1.807) is 0 Å². The van der Waals surface area contributed by atoms with Crippen LogP contribution in [0.4, 0.5) is 13.2 Å². The Bertz CT molecular complexity index is 563. The minimum Gasteiger partial charge on any atom is -0.395 e. The summed E-state index contributed by atoms with van der Waals surface area (Å²) in [5.74, 6) is -5.03. The van der Waals surface area contributed by atoms with Gasteiger partial charge in [0.05, 0.1) is 6.61 Å². The van der Waals surface area contributed by atoms with Gasteiger partial charge in [0.2, 0.25) is 10.0 Å². The second-order valence-electron chi connectivity index (χ2n) is 4.15. The molecule has 1 rings (SSSR count). The standard InChI is InChI=1S/C12H16F3NO3S/c1-2-3-6-16(7-8-17)20(18,19)10-5-4-9(13)11(14)12(10)15/h4-5,17H,2-3,6-8H2,1H3. The lowest BCUT2D eigenvalue weighted by atomic mass is 10.3. The molecule has 0 saturated carbocycles. The van der Waals surface area contributed by atoms with Gasteiger partial charge in [-0.15, -0.1) is 0 Å². The van der Waals surface area contributed by atoms with Gasteiger partial charge in [0.25, 0.3) is 0 Å². The quantitative estimate of drug-likeness (QED) is 0.782. The maximum atomic E-state index is 13.6. The highest BCUT2D eigenvalue weighted by Gasteiger charge is 2.29. The van der Waals surface area contributed by atoms with Gasteiger partial charge < -0.3 is 5.11 Å². The van der Waals surface area contributed by atoms with Crippen LogP contribution in [0.3, 0.4) is 0 Å². The Hall–Kier alpha value is -1.12. The molecular formula is C12H16F3NO3S. The van der Waals surface area contributed by atoms with Gasteiger partial charge in [-0.05, 0) is 18.6 Å². The number of halogens is 3. The number of hydrogen-bond donors (Lipinski definition) is 1. The van der Waals surface area contributed by atoms with Gasteiger partial charge in [-0.25, -0.2) is 21.6 Å². The summed E-state index contributed by atoms with van der Waals surface area (Å²) in [6.45, 7) is 1.22. The highest BCUT2D eigenvalue weighted by Crippen LogP contribution is 2.23. The van der Waals surface area contributed by atoms with Gasteiger partial charge in [0.1, 0.15) is 4.90 Å². The van der Waals surface area contributed by atoms with Crippen molar-refractivity contribution in [3.63, 3.8) is 0 Å². The smallest absolute Gasteiger partial charge is 0.246 e. The van der Waals surface area contributed by atoms with Crippen LogP contribution in [0.2, 0.25) is 0 Å². The van der Waals surface area contributed by atoms with E-state index in [-0.39, 0.29) is 13.1 Å². The number of rotatable bonds is 7. The van der Waals surface area contributed by atoms with Crippen LogP contribution >= 0.6 is 0 Å². The van der Waals surface area contributed by atoms with Crippen molar-refractivity contribution in [1.82, 2.24) is 4.31 Å². The second-order valence-corrected chi connectivity index (χ2v) is 6.06. The summed E-state index contributed by atoms with van der Waals surface area (Å²) < 4.78 is 64.8. The minimum absolute atomic E-state index is 0.0673. The Morgan fingerprint density at radius 3 is 2.35 bits per heavy atom. The molecular weight excluding hydrogens is 295 g/mol. The fourth-order valence-electron chi connectivity index (χ4n) is 1.64. The average molecular weight is 311 g/mol. The van der Waals surface area contributed by atoms with Crippen molar-refractivity contribution in [2.24, 2.45) is 0 Å². The Balaban J connectivity index is 3.22. The van der Waals surface area contributed by atoms with Crippen molar-refractivity contribution in [1.29, 1.82) is 0 Å².